The topological polar surface area (TPSA) is 27.7 Å². The smallest absolute Gasteiger partial charge is 0.417 e. The van der Waals surface area contributed by atoms with Crippen LogP contribution in [-0.2, 0) is 12.3 Å². The van der Waals surface area contributed by atoms with Gasteiger partial charge in [0.2, 0.25) is 0 Å². The standard InChI is InChI=1S/C11H29O3Si4/c1-10-11-17(7,8)14-18(9,12-15(2)3)13-16(4,5)6/h10H,1,11H2,2-9H3. The van der Waals surface area contributed by atoms with Crippen LogP contribution >= 0.6 is 0 Å². The van der Waals surface area contributed by atoms with Crippen molar-refractivity contribution < 1.29 is 12.3 Å². The van der Waals surface area contributed by atoms with Gasteiger partial charge in [0, 0.05) is 6.55 Å². The SMILES string of the molecule is C=CC[Si](C)(C)O[Si](C)(O[Si](C)C)O[Si](C)(C)C. The summed E-state index contributed by atoms with van der Waals surface area (Å²) in [6, 6.07) is 0.934. The Labute approximate surface area is 118 Å². The lowest BCUT2D eigenvalue weighted by molar-refractivity contribution is 0.267. The average Bonchev–Trinajstić information content (AvgIpc) is 1.93. The lowest BCUT2D eigenvalue weighted by atomic mass is 10.8. The Kier molecular flexibility index (Phi) is 6.96. The molecule has 0 rings (SSSR count). The van der Waals surface area contributed by atoms with Gasteiger partial charge in [-0.2, -0.15) is 0 Å². The van der Waals surface area contributed by atoms with Crippen molar-refractivity contribution in [1.29, 1.82) is 0 Å². The summed E-state index contributed by atoms with van der Waals surface area (Å²) in [4.78, 5) is 0. The molecule has 18 heavy (non-hydrogen) atoms. The van der Waals surface area contributed by atoms with E-state index in [4.69, 9.17) is 12.3 Å². The summed E-state index contributed by atoms with van der Waals surface area (Å²) >= 11 is 0. The van der Waals surface area contributed by atoms with Crippen LogP contribution in [0.2, 0.25) is 58.4 Å². The van der Waals surface area contributed by atoms with Crippen LogP contribution < -0.4 is 0 Å². The summed E-state index contributed by atoms with van der Waals surface area (Å²) in [5.41, 5.74) is 0. The van der Waals surface area contributed by atoms with Gasteiger partial charge in [0.05, 0.1) is 0 Å². The first-order valence-corrected chi connectivity index (χ1v) is 17.6. The van der Waals surface area contributed by atoms with E-state index in [2.05, 4.69) is 59.0 Å². The van der Waals surface area contributed by atoms with Gasteiger partial charge in [0.1, 0.15) is 0 Å². The molecule has 0 aliphatic heterocycles. The van der Waals surface area contributed by atoms with E-state index >= 15 is 0 Å². The van der Waals surface area contributed by atoms with Gasteiger partial charge in [-0.1, -0.05) is 6.08 Å². The van der Waals surface area contributed by atoms with Crippen molar-refractivity contribution in [2.45, 2.75) is 58.4 Å². The van der Waals surface area contributed by atoms with Gasteiger partial charge in [-0.15, -0.1) is 6.58 Å². The minimum atomic E-state index is -2.50. The lowest BCUT2D eigenvalue weighted by Crippen LogP contribution is -2.56. The van der Waals surface area contributed by atoms with E-state index in [-0.39, 0.29) is 0 Å². The lowest BCUT2D eigenvalue weighted by Gasteiger charge is -2.39. The zero-order valence-electron chi connectivity index (χ0n) is 13.2. The Balaban J connectivity index is 4.92. The second-order valence-corrected chi connectivity index (χ2v) is 20.6. The molecule has 3 nitrogen and oxygen atoms in total. The van der Waals surface area contributed by atoms with Crippen molar-refractivity contribution in [3.63, 3.8) is 0 Å². The first-order valence-electron chi connectivity index (χ1n) is 6.39. The van der Waals surface area contributed by atoms with Crippen LogP contribution in [-0.4, -0.2) is 34.5 Å². The van der Waals surface area contributed by atoms with E-state index in [9.17, 15) is 0 Å². The zero-order chi connectivity index (χ0) is 14.6. The summed E-state index contributed by atoms with van der Waals surface area (Å²) in [6.07, 6.45) is 1.94. The minimum absolute atomic E-state index is 0.819. The summed E-state index contributed by atoms with van der Waals surface area (Å²) in [5.74, 6) is 0. The molecule has 0 N–H and O–H groups in total. The van der Waals surface area contributed by atoms with Crippen molar-refractivity contribution in [2.75, 3.05) is 0 Å². The van der Waals surface area contributed by atoms with E-state index in [1.165, 1.54) is 0 Å². The second kappa shape index (κ2) is 6.78. The van der Waals surface area contributed by atoms with E-state index < -0.39 is 34.5 Å². The normalized spacial score (nSPS) is 16.7. The van der Waals surface area contributed by atoms with Gasteiger partial charge >= 0.3 is 8.80 Å². The molecule has 0 bridgehead atoms. The number of rotatable bonds is 8. The van der Waals surface area contributed by atoms with Gasteiger partial charge in [-0.05, 0) is 51.9 Å². The van der Waals surface area contributed by atoms with E-state index in [1.807, 2.05) is 6.08 Å². The second-order valence-electron chi connectivity index (χ2n) is 6.44. The first kappa shape index (κ1) is 18.5. The third-order valence-corrected chi connectivity index (χ3v) is 14.0. The molecule has 0 saturated heterocycles. The summed E-state index contributed by atoms with van der Waals surface area (Å²) in [5, 5.41) is 0. The molecule has 0 aromatic rings. The predicted octanol–water partition coefficient (Wildman–Crippen LogP) is 4.08. The molecule has 0 aliphatic rings. The fraction of sp³-hybridized carbons (Fsp3) is 0.818. The fourth-order valence-electron chi connectivity index (χ4n) is 1.88. The van der Waals surface area contributed by atoms with Crippen LogP contribution in [0, 0.1) is 0 Å². The Morgan fingerprint density at radius 2 is 1.50 bits per heavy atom. The highest BCUT2D eigenvalue weighted by Crippen LogP contribution is 2.24. The summed E-state index contributed by atoms with van der Waals surface area (Å²) < 4.78 is 18.8. The third-order valence-electron chi connectivity index (χ3n) is 1.98. The van der Waals surface area contributed by atoms with Crippen LogP contribution in [0.1, 0.15) is 0 Å². The van der Waals surface area contributed by atoms with Crippen molar-refractivity contribution in [3.05, 3.63) is 12.7 Å². The minimum Gasteiger partial charge on any atom is -0.417 e. The molecule has 0 saturated carbocycles. The van der Waals surface area contributed by atoms with Gasteiger partial charge in [-0.3, -0.25) is 0 Å². The molecule has 0 aromatic carbocycles. The molecule has 0 aliphatic carbocycles. The quantitative estimate of drug-likeness (QED) is 0.498. The van der Waals surface area contributed by atoms with Crippen LogP contribution in [0.15, 0.2) is 12.7 Å². The summed E-state index contributed by atoms with van der Waals surface area (Å²) in [7, 11) is -6.75. The third kappa shape index (κ3) is 8.57. The van der Waals surface area contributed by atoms with Crippen molar-refractivity contribution in [2.24, 2.45) is 0 Å². The molecule has 1 atom stereocenters. The van der Waals surface area contributed by atoms with E-state index in [0.29, 0.717) is 0 Å². The van der Waals surface area contributed by atoms with Gasteiger partial charge in [-0.25, -0.2) is 0 Å². The van der Waals surface area contributed by atoms with Crippen molar-refractivity contribution in [3.8, 4) is 0 Å². The van der Waals surface area contributed by atoms with Crippen LogP contribution in [0.4, 0.5) is 0 Å². The highest BCUT2D eigenvalue weighted by molar-refractivity contribution is 6.87. The molecule has 7 heteroatoms. The fourth-order valence-corrected chi connectivity index (χ4v) is 16.0. The molecular formula is C11H29O3Si4. The first-order chi connectivity index (χ1) is 7.89. The van der Waals surface area contributed by atoms with E-state index in [1.54, 1.807) is 0 Å². The molecule has 107 valence electrons. The zero-order valence-corrected chi connectivity index (χ0v) is 17.2. The molecule has 0 amide bonds. The maximum absolute atomic E-state index is 6.37. The number of hydrogen-bond acceptors (Lipinski definition) is 3. The largest absolute Gasteiger partial charge is 0.466 e. The van der Waals surface area contributed by atoms with Gasteiger partial charge in [0.15, 0.2) is 25.7 Å². The molecule has 1 radical (unpaired) electrons. The molecule has 1 unspecified atom stereocenters. The monoisotopic (exact) mass is 321 g/mol. The average molecular weight is 322 g/mol. The molecular weight excluding hydrogens is 292 g/mol. The van der Waals surface area contributed by atoms with E-state index in [0.717, 1.165) is 6.04 Å². The van der Waals surface area contributed by atoms with Crippen LogP contribution in [0.3, 0.4) is 0 Å². The number of allylic oxidation sites excluding steroid dienone is 1. The Hall–Kier alpha value is 0.488. The van der Waals surface area contributed by atoms with Crippen LogP contribution in [0.25, 0.3) is 0 Å². The Morgan fingerprint density at radius 1 is 1.00 bits per heavy atom. The molecule has 0 aromatic heterocycles. The maximum Gasteiger partial charge on any atom is 0.466 e. The summed E-state index contributed by atoms with van der Waals surface area (Å²) in [6.45, 7) is 21.1. The highest BCUT2D eigenvalue weighted by Gasteiger charge is 2.44. The van der Waals surface area contributed by atoms with Crippen molar-refractivity contribution >= 4 is 34.5 Å². The van der Waals surface area contributed by atoms with Gasteiger partial charge < -0.3 is 12.3 Å². The van der Waals surface area contributed by atoms with Gasteiger partial charge in [0.25, 0.3) is 0 Å². The van der Waals surface area contributed by atoms with Crippen LogP contribution in [0.5, 0.6) is 0 Å². The maximum atomic E-state index is 6.37. The molecule has 0 heterocycles. The Bertz CT molecular complexity index is 276. The Morgan fingerprint density at radius 3 is 1.83 bits per heavy atom. The van der Waals surface area contributed by atoms with Crippen molar-refractivity contribution in [1.82, 2.24) is 0 Å². The molecule has 0 fully saturated rings. The predicted molar refractivity (Wildman–Crippen MR) is 88.2 cm³/mol. The highest BCUT2D eigenvalue weighted by atomic mass is 28.5. The molecule has 0 spiro atoms. The number of hydrogen-bond donors (Lipinski definition) is 0.